The molecule has 0 aromatic heterocycles. The maximum absolute atomic E-state index is 10.8. The number of carbonyl (C=O) groups is 1. The zero-order valence-corrected chi connectivity index (χ0v) is 8.34. The van der Waals surface area contributed by atoms with E-state index in [4.69, 9.17) is 21.9 Å². The van der Waals surface area contributed by atoms with E-state index in [0.29, 0.717) is 0 Å². The predicted octanol–water partition coefficient (Wildman–Crippen LogP) is 0.686. The van der Waals surface area contributed by atoms with E-state index >= 15 is 0 Å². The summed E-state index contributed by atoms with van der Waals surface area (Å²) in [4.78, 5) is 10.2. The molecule has 0 radical (unpaired) electrons. The van der Waals surface area contributed by atoms with Crippen molar-refractivity contribution in [2.45, 2.75) is 4.90 Å². The number of carbonyl (C=O) groups excluding carboxylic acids is 1. The van der Waals surface area contributed by atoms with Crippen molar-refractivity contribution in [2.24, 2.45) is 5.73 Å². The Kier molecular flexibility index (Phi) is 2.79. The van der Waals surface area contributed by atoms with Gasteiger partial charge in [-0.25, -0.2) is 0 Å². The van der Waals surface area contributed by atoms with Gasteiger partial charge in [0.15, 0.2) is 0 Å². The molecule has 0 fully saturated rings. The number of benzene rings is 1. The second-order valence-corrected chi connectivity index (χ2v) is 4.31. The fourth-order valence-corrected chi connectivity index (χ4v) is 1.87. The summed E-state index contributed by atoms with van der Waals surface area (Å²) in [5.74, 6) is -0.950. The summed E-state index contributed by atoms with van der Waals surface area (Å²) < 4.78 is 30.3. The van der Waals surface area contributed by atoms with E-state index in [0.717, 1.165) is 12.1 Å². The van der Waals surface area contributed by atoms with Gasteiger partial charge in [-0.3, -0.25) is 9.35 Å². The Bertz CT molecular complexity index is 482. The largest absolute Gasteiger partial charge is 0.366 e. The average molecular weight is 236 g/mol. The number of amides is 1. The molecule has 0 atom stereocenters. The van der Waals surface area contributed by atoms with Crippen LogP contribution in [0.4, 0.5) is 0 Å². The Balaban J connectivity index is 3.54. The van der Waals surface area contributed by atoms with Crippen molar-refractivity contribution in [1.29, 1.82) is 0 Å². The van der Waals surface area contributed by atoms with Gasteiger partial charge >= 0.3 is 0 Å². The zero-order valence-electron chi connectivity index (χ0n) is 6.77. The molecule has 1 rings (SSSR count). The summed E-state index contributed by atoms with van der Waals surface area (Å²) >= 11 is 5.50. The lowest BCUT2D eigenvalue weighted by Crippen LogP contribution is -2.15. The molecule has 0 saturated carbocycles. The molecular weight excluding hydrogens is 230 g/mol. The highest BCUT2D eigenvalue weighted by molar-refractivity contribution is 7.86. The van der Waals surface area contributed by atoms with Gasteiger partial charge in [-0.15, -0.1) is 0 Å². The van der Waals surface area contributed by atoms with Crippen LogP contribution in [0.5, 0.6) is 0 Å². The third-order valence-corrected chi connectivity index (χ3v) is 2.62. The highest BCUT2D eigenvalue weighted by atomic mass is 35.5. The number of primary amides is 1. The fraction of sp³-hybridized carbons (Fsp3) is 0. The minimum atomic E-state index is -4.49. The van der Waals surface area contributed by atoms with Gasteiger partial charge in [0.05, 0.1) is 5.56 Å². The molecule has 0 aliphatic heterocycles. The van der Waals surface area contributed by atoms with Gasteiger partial charge in [0.1, 0.15) is 4.90 Å². The quantitative estimate of drug-likeness (QED) is 0.737. The third-order valence-electron chi connectivity index (χ3n) is 1.49. The lowest BCUT2D eigenvalue weighted by atomic mass is 10.2. The van der Waals surface area contributed by atoms with Crippen LogP contribution < -0.4 is 5.73 Å². The van der Waals surface area contributed by atoms with Gasteiger partial charge in [-0.05, 0) is 18.2 Å². The van der Waals surface area contributed by atoms with Crippen molar-refractivity contribution in [1.82, 2.24) is 0 Å². The molecule has 0 aliphatic carbocycles. The molecule has 76 valence electrons. The number of halogens is 1. The number of rotatable bonds is 2. The van der Waals surface area contributed by atoms with Crippen molar-refractivity contribution >= 4 is 27.6 Å². The summed E-state index contributed by atoms with van der Waals surface area (Å²) in [5, 5.41) is 0.0858. The molecule has 0 saturated heterocycles. The minimum absolute atomic E-state index is 0.0858. The molecule has 0 aliphatic rings. The first-order valence-corrected chi connectivity index (χ1v) is 5.21. The molecule has 0 unspecified atom stereocenters. The first-order valence-electron chi connectivity index (χ1n) is 3.39. The van der Waals surface area contributed by atoms with Crippen molar-refractivity contribution in [3.05, 3.63) is 28.8 Å². The van der Waals surface area contributed by atoms with Crippen molar-refractivity contribution in [2.75, 3.05) is 0 Å². The summed E-state index contributed by atoms with van der Waals surface area (Å²) in [6.45, 7) is 0. The van der Waals surface area contributed by atoms with E-state index in [1.54, 1.807) is 0 Å². The van der Waals surface area contributed by atoms with Crippen LogP contribution in [0.25, 0.3) is 0 Å². The van der Waals surface area contributed by atoms with Gasteiger partial charge < -0.3 is 5.73 Å². The highest BCUT2D eigenvalue weighted by Gasteiger charge is 2.18. The van der Waals surface area contributed by atoms with Gasteiger partial charge in [0, 0.05) is 5.02 Å². The van der Waals surface area contributed by atoms with Crippen molar-refractivity contribution in [3.63, 3.8) is 0 Å². The monoisotopic (exact) mass is 235 g/mol. The fourth-order valence-electron chi connectivity index (χ4n) is 0.913. The molecule has 1 aromatic rings. The van der Waals surface area contributed by atoms with Gasteiger partial charge in [0.2, 0.25) is 5.91 Å². The topological polar surface area (TPSA) is 97.5 Å². The van der Waals surface area contributed by atoms with E-state index < -0.39 is 20.9 Å². The van der Waals surface area contributed by atoms with Crippen LogP contribution in [-0.4, -0.2) is 18.9 Å². The van der Waals surface area contributed by atoms with E-state index in [1.807, 2.05) is 0 Å². The van der Waals surface area contributed by atoms with E-state index in [1.165, 1.54) is 6.07 Å². The van der Waals surface area contributed by atoms with E-state index in [2.05, 4.69) is 0 Å². The molecule has 0 spiro atoms. The van der Waals surface area contributed by atoms with Crippen LogP contribution in [0, 0.1) is 0 Å². The first kappa shape index (κ1) is 11.0. The number of nitrogens with two attached hydrogens (primary N) is 1. The molecule has 0 bridgehead atoms. The lowest BCUT2D eigenvalue weighted by molar-refractivity contribution is 0.0997. The zero-order chi connectivity index (χ0) is 10.9. The Morgan fingerprint density at radius 3 is 2.43 bits per heavy atom. The molecule has 1 amide bonds. The Morgan fingerprint density at radius 1 is 1.43 bits per heavy atom. The maximum atomic E-state index is 10.8. The van der Waals surface area contributed by atoms with Crippen LogP contribution in [0.3, 0.4) is 0 Å². The van der Waals surface area contributed by atoms with Crippen LogP contribution in [0.2, 0.25) is 5.02 Å². The molecular formula is C7H6ClNO4S. The summed E-state index contributed by atoms with van der Waals surface area (Å²) in [6.07, 6.45) is 0. The van der Waals surface area contributed by atoms with E-state index in [9.17, 15) is 13.2 Å². The normalized spacial score (nSPS) is 11.3. The second-order valence-electron chi connectivity index (χ2n) is 2.48. The third kappa shape index (κ3) is 2.22. The van der Waals surface area contributed by atoms with Crippen LogP contribution in [0.15, 0.2) is 23.1 Å². The first-order chi connectivity index (χ1) is 6.32. The maximum Gasteiger partial charge on any atom is 0.295 e. The summed E-state index contributed by atoms with van der Waals surface area (Å²) in [6, 6.07) is 3.39. The predicted molar refractivity (Wildman–Crippen MR) is 49.8 cm³/mol. The lowest BCUT2D eigenvalue weighted by Gasteiger charge is -2.03. The smallest absolute Gasteiger partial charge is 0.295 e. The highest BCUT2D eigenvalue weighted by Crippen LogP contribution is 2.20. The van der Waals surface area contributed by atoms with Crippen LogP contribution >= 0.6 is 11.6 Å². The Labute approximate surface area is 85.2 Å². The molecule has 3 N–H and O–H groups in total. The molecule has 0 heterocycles. The van der Waals surface area contributed by atoms with Gasteiger partial charge in [-0.1, -0.05) is 11.6 Å². The molecule has 5 nitrogen and oxygen atoms in total. The van der Waals surface area contributed by atoms with Crippen molar-refractivity contribution in [3.8, 4) is 0 Å². The Morgan fingerprint density at radius 2 is 2.00 bits per heavy atom. The molecule has 14 heavy (non-hydrogen) atoms. The van der Waals surface area contributed by atoms with Gasteiger partial charge in [-0.2, -0.15) is 8.42 Å². The SMILES string of the molecule is NC(=O)c1ccc(Cl)cc1S(=O)(=O)O. The number of hydrogen-bond donors (Lipinski definition) is 2. The number of hydrogen-bond acceptors (Lipinski definition) is 3. The van der Waals surface area contributed by atoms with Crippen LogP contribution in [0.1, 0.15) is 10.4 Å². The Hall–Kier alpha value is -1.11. The van der Waals surface area contributed by atoms with Crippen molar-refractivity contribution < 1.29 is 17.8 Å². The second kappa shape index (κ2) is 3.56. The molecule has 1 aromatic carbocycles. The summed E-state index contributed by atoms with van der Waals surface area (Å²) in [7, 11) is -4.49. The van der Waals surface area contributed by atoms with E-state index in [-0.39, 0.29) is 10.6 Å². The minimum Gasteiger partial charge on any atom is -0.366 e. The average Bonchev–Trinajstić information content (AvgIpc) is 2.01. The van der Waals surface area contributed by atoms with Gasteiger partial charge in [0.25, 0.3) is 10.1 Å². The summed E-state index contributed by atoms with van der Waals surface area (Å²) in [5.41, 5.74) is 4.61. The molecule has 7 heteroatoms. The standard InChI is InChI=1S/C7H6ClNO4S/c8-4-1-2-5(7(9)10)6(3-4)14(11,12)13/h1-3H,(H2,9,10)(H,11,12,13). The van der Waals surface area contributed by atoms with Crippen LogP contribution in [-0.2, 0) is 10.1 Å².